The zero-order valence-corrected chi connectivity index (χ0v) is 14.1. The molecule has 0 bridgehead atoms. The molecule has 0 unspecified atom stereocenters. The number of nitriles is 1. The largest absolute Gasteiger partial charge is 0.424 e. The van der Waals surface area contributed by atoms with E-state index in [9.17, 15) is 0 Å². The summed E-state index contributed by atoms with van der Waals surface area (Å²) in [6.07, 6.45) is 0. The number of rotatable bonds is 5. The Morgan fingerprint density at radius 2 is 1.96 bits per heavy atom. The van der Waals surface area contributed by atoms with Gasteiger partial charge in [-0.15, -0.1) is 0 Å². The molecule has 1 aliphatic heterocycles. The Bertz CT molecular complexity index is 712. The highest BCUT2D eigenvalue weighted by molar-refractivity contribution is 5.45. The molecule has 0 radical (unpaired) electrons. The van der Waals surface area contributed by atoms with Gasteiger partial charge in [-0.05, 0) is 12.5 Å². The van der Waals surface area contributed by atoms with Crippen molar-refractivity contribution in [3.05, 3.63) is 47.0 Å². The van der Waals surface area contributed by atoms with E-state index in [1.807, 2.05) is 0 Å². The van der Waals surface area contributed by atoms with Crippen LogP contribution in [-0.2, 0) is 4.74 Å². The molecule has 24 heavy (non-hydrogen) atoms. The lowest BCUT2D eigenvalue weighted by atomic mass is 10.0. The number of ether oxygens (including phenoxy) is 1. The van der Waals surface area contributed by atoms with Crippen molar-refractivity contribution in [1.82, 2.24) is 9.88 Å². The quantitative estimate of drug-likeness (QED) is 0.910. The first kappa shape index (κ1) is 16.5. The molecular weight excluding hydrogens is 304 g/mol. The van der Waals surface area contributed by atoms with E-state index in [2.05, 4.69) is 52.5 Å². The minimum absolute atomic E-state index is 0.187. The first-order chi connectivity index (χ1) is 11.7. The van der Waals surface area contributed by atoms with Crippen LogP contribution in [-0.4, -0.2) is 42.7 Å². The summed E-state index contributed by atoms with van der Waals surface area (Å²) in [6.45, 7) is 7.74. The van der Waals surface area contributed by atoms with Crippen molar-refractivity contribution in [2.75, 3.05) is 38.2 Å². The maximum Gasteiger partial charge on any atom is 0.232 e. The SMILES string of the molecule is Cc1ccc([C@H](CNc2oc(C)nc2C#N)N2CCOCC2)cc1. The lowest BCUT2D eigenvalue weighted by Crippen LogP contribution is -2.41. The minimum Gasteiger partial charge on any atom is -0.424 e. The van der Waals surface area contributed by atoms with Crippen molar-refractivity contribution in [1.29, 1.82) is 5.26 Å². The number of hydrogen-bond acceptors (Lipinski definition) is 6. The monoisotopic (exact) mass is 326 g/mol. The molecule has 6 heteroatoms. The van der Waals surface area contributed by atoms with Gasteiger partial charge >= 0.3 is 0 Å². The van der Waals surface area contributed by atoms with Crippen molar-refractivity contribution < 1.29 is 9.15 Å². The third-order valence-electron chi connectivity index (χ3n) is 4.24. The van der Waals surface area contributed by atoms with Crippen LogP contribution in [0.5, 0.6) is 0 Å². The summed E-state index contributed by atoms with van der Waals surface area (Å²) >= 11 is 0. The number of nitrogens with one attached hydrogen (secondary N) is 1. The zero-order chi connectivity index (χ0) is 16.9. The molecule has 1 atom stereocenters. The molecule has 0 spiro atoms. The highest BCUT2D eigenvalue weighted by atomic mass is 16.5. The molecule has 1 aliphatic rings. The molecule has 1 aromatic carbocycles. The summed E-state index contributed by atoms with van der Waals surface area (Å²) in [5.41, 5.74) is 2.78. The fourth-order valence-electron chi connectivity index (χ4n) is 2.95. The van der Waals surface area contributed by atoms with E-state index in [4.69, 9.17) is 14.4 Å². The van der Waals surface area contributed by atoms with Gasteiger partial charge in [0.1, 0.15) is 6.07 Å². The van der Waals surface area contributed by atoms with E-state index in [0.29, 0.717) is 24.0 Å². The van der Waals surface area contributed by atoms with E-state index >= 15 is 0 Å². The minimum atomic E-state index is 0.187. The van der Waals surface area contributed by atoms with E-state index in [1.165, 1.54) is 11.1 Å². The Kier molecular flexibility index (Phi) is 5.14. The second kappa shape index (κ2) is 7.47. The van der Waals surface area contributed by atoms with Gasteiger partial charge in [-0.25, -0.2) is 4.98 Å². The number of oxazole rings is 1. The van der Waals surface area contributed by atoms with Crippen LogP contribution in [0.1, 0.15) is 28.8 Å². The van der Waals surface area contributed by atoms with Crippen LogP contribution in [0.25, 0.3) is 0 Å². The van der Waals surface area contributed by atoms with Crippen LogP contribution in [0, 0.1) is 25.2 Å². The van der Waals surface area contributed by atoms with E-state index in [1.54, 1.807) is 6.92 Å². The fraction of sp³-hybridized carbons (Fsp3) is 0.444. The van der Waals surface area contributed by atoms with E-state index in [-0.39, 0.29) is 6.04 Å². The van der Waals surface area contributed by atoms with E-state index < -0.39 is 0 Å². The molecule has 126 valence electrons. The van der Waals surface area contributed by atoms with Gasteiger partial charge in [0, 0.05) is 26.6 Å². The van der Waals surface area contributed by atoms with Gasteiger partial charge in [-0.3, -0.25) is 4.90 Å². The Balaban J connectivity index is 1.79. The second-order valence-corrected chi connectivity index (χ2v) is 5.98. The summed E-state index contributed by atoms with van der Waals surface area (Å²) in [4.78, 5) is 6.48. The van der Waals surface area contributed by atoms with Crippen molar-refractivity contribution in [2.24, 2.45) is 0 Å². The van der Waals surface area contributed by atoms with Crippen molar-refractivity contribution >= 4 is 5.88 Å². The maximum absolute atomic E-state index is 9.15. The van der Waals surface area contributed by atoms with Crippen LogP contribution >= 0.6 is 0 Å². The van der Waals surface area contributed by atoms with Gasteiger partial charge < -0.3 is 14.5 Å². The molecule has 0 aliphatic carbocycles. The number of hydrogen-bond donors (Lipinski definition) is 1. The van der Waals surface area contributed by atoms with Crippen LogP contribution < -0.4 is 5.32 Å². The molecule has 1 N–H and O–H groups in total. The fourth-order valence-corrected chi connectivity index (χ4v) is 2.95. The molecule has 1 aromatic heterocycles. The smallest absolute Gasteiger partial charge is 0.232 e. The Labute approximate surface area is 142 Å². The molecule has 0 amide bonds. The third-order valence-corrected chi connectivity index (χ3v) is 4.24. The summed E-state index contributed by atoms with van der Waals surface area (Å²) < 4.78 is 11.0. The molecule has 2 aromatic rings. The summed E-state index contributed by atoms with van der Waals surface area (Å²) in [6, 6.07) is 10.8. The topological polar surface area (TPSA) is 74.3 Å². The highest BCUT2D eigenvalue weighted by Crippen LogP contribution is 2.24. The van der Waals surface area contributed by atoms with Gasteiger partial charge in [-0.1, -0.05) is 29.8 Å². The Hall–Kier alpha value is -2.36. The van der Waals surface area contributed by atoms with Crippen molar-refractivity contribution in [3.8, 4) is 6.07 Å². The van der Waals surface area contributed by atoms with Crippen LogP contribution in [0.2, 0.25) is 0 Å². The molecule has 2 heterocycles. The lowest BCUT2D eigenvalue weighted by Gasteiger charge is -2.35. The standard InChI is InChI=1S/C18H22N4O2/c1-13-3-5-15(6-4-13)17(22-7-9-23-10-8-22)12-20-18-16(11-19)21-14(2)24-18/h3-6,17,20H,7-10,12H2,1-2H3/t17-/m0/s1. The molecule has 1 fully saturated rings. The summed E-state index contributed by atoms with van der Waals surface area (Å²) in [5, 5.41) is 12.4. The van der Waals surface area contributed by atoms with Gasteiger partial charge in [0.25, 0.3) is 0 Å². The van der Waals surface area contributed by atoms with Gasteiger partial charge in [0.15, 0.2) is 5.89 Å². The Morgan fingerprint density at radius 1 is 1.25 bits per heavy atom. The second-order valence-electron chi connectivity index (χ2n) is 5.98. The van der Waals surface area contributed by atoms with Gasteiger partial charge in [0.2, 0.25) is 11.6 Å². The predicted octanol–water partition coefficient (Wildman–Crippen LogP) is 2.65. The third kappa shape index (κ3) is 3.75. The summed E-state index contributed by atoms with van der Waals surface area (Å²) in [7, 11) is 0. The number of aromatic nitrogens is 1. The number of aryl methyl sites for hydroxylation is 2. The highest BCUT2D eigenvalue weighted by Gasteiger charge is 2.23. The number of benzene rings is 1. The zero-order valence-electron chi connectivity index (χ0n) is 14.1. The van der Waals surface area contributed by atoms with Crippen LogP contribution in [0.4, 0.5) is 5.88 Å². The lowest BCUT2D eigenvalue weighted by molar-refractivity contribution is 0.0186. The summed E-state index contributed by atoms with van der Waals surface area (Å²) in [5.74, 6) is 0.938. The van der Waals surface area contributed by atoms with Crippen LogP contribution in [0.15, 0.2) is 28.7 Å². The molecule has 3 rings (SSSR count). The normalized spacial score (nSPS) is 16.5. The maximum atomic E-state index is 9.15. The first-order valence-corrected chi connectivity index (χ1v) is 8.17. The molecule has 6 nitrogen and oxygen atoms in total. The Morgan fingerprint density at radius 3 is 2.62 bits per heavy atom. The van der Waals surface area contributed by atoms with Gasteiger partial charge in [-0.2, -0.15) is 5.26 Å². The predicted molar refractivity (Wildman–Crippen MR) is 90.8 cm³/mol. The average Bonchev–Trinajstić information content (AvgIpc) is 2.97. The van der Waals surface area contributed by atoms with E-state index in [0.717, 1.165) is 26.3 Å². The average molecular weight is 326 g/mol. The van der Waals surface area contributed by atoms with Gasteiger partial charge in [0.05, 0.1) is 19.3 Å². The van der Waals surface area contributed by atoms with Crippen LogP contribution in [0.3, 0.4) is 0 Å². The number of nitrogens with zero attached hydrogens (tertiary/aromatic N) is 3. The van der Waals surface area contributed by atoms with Crippen molar-refractivity contribution in [3.63, 3.8) is 0 Å². The molecular formula is C18H22N4O2. The van der Waals surface area contributed by atoms with Crippen molar-refractivity contribution in [2.45, 2.75) is 19.9 Å². The number of anilines is 1. The first-order valence-electron chi connectivity index (χ1n) is 8.17. The molecule has 0 saturated carbocycles. The molecule has 1 saturated heterocycles. The number of morpholine rings is 1.